The Morgan fingerprint density at radius 1 is 1.29 bits per heavy atom. The third-order valence-corrected chi connectivity index (χ3v) is 5.04. The number of hydrogen-bond acceptors (Lipinski definition) is 3. The van der Waals surface area contributed by atoms with Gasteiger partial charge in [-0.25, -0.2) is 4.98 Å². The Kier molecular flexibility index (Phi) is 4.44. The second-order valence-corrected chi connectivity index (χ2v) is 7.02. The van der Waals surface area contributed by atoms with Crippen molar-refractivity contribution in [2.75, 3.05) is 0 Å². The molecule has 1 aromatic heterocycles. The summed E-state index contributed by atoms with van der Waals surface area (Å²) >= 11 is 1.73. The molecule has 0 atom stereocenters. The first kappa shape index (κ1) is 14.4. The molecule has 21 heavy (non-hydrogen) atoms. The van der Waals surface area contributed by atoms with Gasteiger partial charge in [0, 0.05) is 17.7 Å². The van der Waals surface area contributed by atoms with Crippen LogP contribution in [0.15, 0.2) is 40.3 Å². The number of nitrogens with one attached hydrogen (secondary N) is 1. The summed E-state index contributed by atoms with van der Waals surface area (Å²) < 4.78 is 0. The van der Waals surface area contributed by atoms with E-state index in [-0.39, 0.29) is 5.56 Å². The fraction of sp³-hybridized carbons (Fsp3) is 0.412. The summed E-state index contributed by atoms with van der Waals surface area (Å²) in [7, 11) is 0. The molecule has 1 fully saturated rings. The van der Waals surface area contributed by atoms with Gasteiger partial charge in [0.2, 0.25) is 0 Å². The minimum atomic E-state index is -0.0480. The monoisotopic (exact) mass is 300 g/mol. The highest BCUT2D eigenvalue weighted by Crippen LogP contribution is 2.32. The molecule has 0 saturated heterocycles. The minimum absolute atomic E-state index is 0.0480. The van der Waals surface area contributed by atoms with Crippen LogP contribution in [0.2, 0.25) is 0 Å². The zero-order valence-corrected chi connectivity index (χ0v) is 13.1. The summed E-state index contributed by atoms with van der Waals surface area (Å²) in [5.74, 6) is 0. The average molecular weight is 300 g/mol. The molecule has 0 bridgehead atoms. The van der Waals surface area contributed by atoms with Gasteiger partial charge < -0.3 is 4.98 Å². The Bertz CT molecular complexity index is 674. The summed E-state index contributed by atoms with van der Waals surface area (Å²) in [5, 5.41) is 1.39. The predicted molar refractivity (Wildman–Crippen MR) is 87.0 cm³/mol. The number of hydrogen-bond donors (Lipinski definition) is 1. The molecule has 0 unspecified atom stereocenters. The zero-order chi connectivity index (χ0) is 14.7. The van der Waals surface area contributed by atoms with Gasteiger partial charge in [-0.05, 0) is 25.3 Å². The number of H-pyrrole nitrogens is 1. The second-order valence-electron chi connectivity index (χ2n) is 5.73. The van der Waals surface area contributed by atoms with Crippen molar-refractivity contribution in [1.29, 1.82) is 0 Å². The number of nitrogens with zero attached hydrogens (tertiary/aromatic N) is 1. The average Bonchev–Trinajstić information content (AvgIpc) is 2.90. The number of aromatic amines is 1. The standard InChI is InChI=1S/C17H20N2OS/c1-12-5-4-6-13(9-12)10-14-11-16(20)19-17(18-14)21-15-7-2-3-8-15/h4-6,9,11,15H,2-3,7-8,10H2,1H3,(H,18,19,20). The molecule has 0 radical (unpaired) electrons. The molecule has 1 heterocycles. The van der Waals surface area contributed by atoms with E-state index in [4.69, 9.17) is 0 Å². The summed E-state index contributed by atoms with van der Waals surface area (Å²) in [6.45, 7) is 2.08. The Morgan fingerprint density at radius 2 is 2.10 bits per heavy atom. The first-order valence-corrected chi connectivity index (χ1v) is 8.39. The quantitative estimate of drug-likeness (QED) is 0.876. The molecule has 110 valence electrons. The molecular weight excluding hydrogens is 280 g/mol. The molecule has 3 nitrogen and oxygen atoms in total. The van der Waals surface area contributed by atoms with Crippen LogP contribution in [0, 0.1) is 6.92 Å². The maximum absolute atomic E-state index is 11.8. The van der Waals surface area contributed by atoms with Crippen LogP contribution in [0.3, 0.4) is 0 Å². The normalized spacial score (nSPS) is 15.5. The molecule has 4 heteroatoms. The van der Waals surface area contributed by atoms with Gasteiger partial charge in [0.15, 0.2) is 5.16 Å². The van der Waals surface area contributed by atoms with Crippen molar-refractivity contribution in [3.8, 4) is 0 Å². The van der Waals surface area contributed by atoms with Gasteiger partial charge in [-0.1, -0.05) is 54.4 Å². The van der Waals surface area contributed by atoms with Crippen molar-refractivity contribution in [3.05, 3.63) is 57.5 Å². The van der Waals surface area contributed by atoms with Crippen LogP contribution in [0.4, 0.5) is 0 Å². The van der Waals surface area contributed by atoms with E-state index in [0.29, 0.717) is 11.7 Å². The van der Waals surface area contributed by atoms with Gasteiger partial charge in [-0.2, -0.15) is 0 Å². The van der Waals surface area contributed by atoms with Gasteiger partial charge in [-0.3, -0.25) is 4.79 Å². The largest absolute Gasteiger partial charge is 0.301 e. The van der Waals surface area contributed by atoms with Crippen LogP contribution in [0.5, 0.6) is 0 Å². The molecular formula is C17H20N2OS. The van der Waals surface area contributed by atoms with Gasteiger partial charge in [0.05, 0.1) is 5.69 Å². The van der Waals surface area contributed by atoms with E-state index in [0.717, 1.165) is 10.9 Å². The Morgan fingerprint density at radius 3 is 2.86 bits per heavy atom. The minimum Gasteiger partial charge on any atom is -0.301 e. The molecule has 2 aromatic rings. The fourth-order valence-corrected chi connectivity index (χ4v) is 4.04. The molecule has 1 saturated carbocycles. The fourth-order valence-electron chi connectivity index (χ4n) is 2.83. The molecule has 0 aliphatic heterocycles. The van der Waals surface area contributed by atoms with E-state index in [1.807, 2.05) is 6.07 Å². The van der Waals surface area contributed by atoms with Crippen molar-refractivity contribution in [2.45, 2.75) is 49.4 Å². The first-order valence-electron chi connectivity index (χ1n) is 7.51. The second kappa shape index (κ2) is 6.48. The van der Waals surface area contributed by atoms with E-state index in [1.54, 1.807) is 17.8 Å². The highest BCUT2D eigenvalue weighted by molar-refractivity contribution is 7.99. The SMILES string of the molecule is Cc1cccc(Cc2cc(=O)[nH]c(SC3CCCC3)n2)c1. The number of aromatic nitrogens is 2. The molecule has 0 amide bonds. The maximum Gasteiger partial charge on any atom is 0.251 e. The summed E-state index contributed by atoms with van der Waals surface area (Å²) in [6, 6.07) is 9.97. The van der Waals surface area contributed by atoms with Crippen LogP contribution in [-0.4, -0.2) is 15.2 Å². The molecule has 1 aliphatic rings. The molecule has 1 aliphatic carbocycles. The topological polar surface area (TPSA) is 45.8 Å². The van der Waals surface area contributed by atoms with E-state index in [9.17, 15) is 4.79 Å². The first-order chi connectivity index (χ1) is 10.2. The van der Waals surface area contributed by atoms with Crippen molar-refractivity contribution >= 4 is 11.8 Å². The maximum atomic E-state index is 11.8. The Labute approximate surface area is 129 Å². The predicted octanol–water partition coefficient (Wildman–Crippen LogP) is 3.70. The van der Waals surface area contributed by atoms with Gasteiger partial charge in [0.25, 0.3) is 5.56 Å². The van der Waals surface area contributed by atoms with E-state index >= 15 is 0 Å². The van der Waals surface area contributed by atoms with E-state index in [2.05, 4.69) is 35.1 Å². The van der Waals surface area contributed by atoms with Gasteiger partial charge in [0.1, 0.15) is 0 Å². The summed E-state index contributed by atoms with van der Waals surface area (Å²) in [6.07, 6.45) is 5.77. The highest BCUT2D eigenvalue weighted by atomic mass is 32.2. The van der Waals surface area contributed by atoms with Crippen LogP contribution in [-0.2, 0) is 6.42 Å². The van der Waals surface area contributed by atoms with E-state index < -0.39 is 0 Å². The lowest BCUT2D eigenvalue weighted by Crippen LogP contribution is -2.11. The van der Waals surface area contributed by atoms with Crippen LogP contribution < -0.4 is 5.56 Å². The number of rotatable bonds is 4. The molecule has 3 rings (SSSR count). The van der Waals surface area contributed by atoms with E-state index in [1.165, 1.54) is 36.8 Å². The number of aryl methyl sites for hydroxylation is 1. The van der Waals surface area contributed by atoms with Crippen LogP contribution in [0.1, 0.15) is 42.5 Å². The lowest BCUT2D eigenvalue weighted by atomic mass is 10.1. The molecule has 0 spiro atoms. The number of benzene rings is 1. The highest BCUT2D eigenvalue weighted by Gasteiger charge is 2.17. The van der Waals surface area contributed by atoms with Crippen molar-refractivity contribution in [2.24, 2.45) is 0 Å². The van der Waals surface area contributed by atoms with Crippen molar-refractivity contribution < 1.29 is 0 Å². The van der Waals surface area contributed by atoms with Crippen molar-refractivity contribution in [1.82, 2.24) is 9.97 Å². The summed E-state index contributed by atoms with van der Waals surface area (Å²) in [5.41, 5.74) is 3.24. The lowest BCUT2D eigenvalue weighted by molar-refractivity contribution is 0.852. The van der Waals surface area contributed by atoms with Gasteiger partial charge >= 0.3 is 0 Å². The van der Waals surface area contributed by atoms with Crippen LogP contribution in [0.25, 0.3) is 0 Å². The van der Waals surface area contributed by atoms with Crippen molar-refractivity contribution in [3.63, 3.8) is 0 Å². The zero-order valence-electron chi connectivity index (χ0n) is 12.3. The third-order valence-electron chi connectivity index (χ3n) is 3.82. The number of thioether (sulfide) groups is 1. The van der Waals surface area contributed by atoms with Gasteiger partial charge in [-0.15, -0.1) is 0 Å². The van der Waals surface area contributed by atoms with Crippen LogP contribution >= 0.6 is 11.8 Å². The lowest BCUT2D eigenvalue weighted by Gasteiger charge is -2.09. The Hall–Kier alpha value is -1.55. The Balaban J connectivity index is 1.78. The third kappa shape index (κ3) is 3.97. The summed E-state index contributed by atoms with van der Waals surface area (Å²) in [4.78, 5) is 19.3. The smallest absolute Gasteiger partial charge is 0.251 e. The molecule has 1 N–H and O–H groups in total. The molecule has 1 aromatic carbocycles.